The number of benzene rings is 1. The van der Waals surface area contributed by atoms with E-state index in [1.165, 1.54) is 0 Å². The molecule has 7 heteroatoms. The van der Waals surface area contributed by atoms with Crippen LogP contribution in [0.5, 0.6) is 0 Å². The van der Waals surface area contributed by atoms with Crippen molar-refractivity contribution in [3.63, 3.8) is 0 Å². The minimum Gasteiger partial charge on any atom is -0.348 e. The first-order valence-corrected chi connectivity index (χ1v) is 9.67. The van der Waals surface area contributed by atoms with Crippen LogP contribution in [0.4, 0.5) is 0 Å². The molecular weight excluding hydrogens is 316 g/mol. The largest absolute Gasteiger partial charge is 0.348 e. The van der Waals surface area contributed by atoms with E-state index in [0.717, 1.165) is 25.9 Å². The van der Waals surface area contributed by atoms with Crippen molar-refractivity contribution >= 4 is 21.7 Å². The van der Waals surface area contributed by atoms with Gasteiger partial charge in [-0.05, 0) is 37.5 Å². The summed E-state index contributed by atoms with van der Waals surface area (Å²) in [7, 11) is -3.03. The van der Waals surface area contributed by atoms with Gasteiger partial charge in [-0.25, -0.2) is 8.42 Å². The molecule has 2 amide bonds. The lowest BCUT2D eigenvalue weighted by Gasteiger charge is -2.16. The number of rotatable bonds is 3. The molecule has 2 aliphatic heterocycles. The van der Waals surface area contributed by atoms with E-state index in [2.05, 4.69) is 5.32 Å². The van der Waals surface area contributed by atoms with Gasteiger partial charge in [0.15, 0.2) is 9.84 Å². The third-order valence-corrected chi connectivity index (χ3v) is 6.10. The summed E-state index contributed by atoms with van der Waals surface area (Å²) in [6.07, 6.45) is 2.48. The Hall–Kier alpha value is -1.89. The molecule has 0 bridgehead atoms. The van der Waals surface area contributed by atoms with Gasteiger partial charge in [-0.15, -0.1) is 0 Å². The number of hydrogen-bond acceptors (Lipinski definition) is 4. The molecule has 0 radical (unpaired) electrons. The van der Waals surface area contributed by atoms with Crippen LogP contribution in [0.15, 0.2) is 24.3 Å². The second kappa shape index (κ2) is 6.31. The molecule has 2 aliphatic rings. The van der Waals surface area contributed by atoms with E-state index in [9.17, 15) is 18.0 Å². The molecule has 1 N–H and O–H groups in total. The van der Waals surface area contributed by atoms with Gasteiger partial charge in [-0.1, -0.05) is 6.07 Å². The average Bonchev–Trinajstić information content (AvgIpc) is 3.16. The summed E-state index contributed by atoms with van der Waals surface area (Å²) < 4.78 is 22.9. The molecule has 2 heterocycles. The maximum Gasteiger partial charge on any atom is 0.253 e. The number of carbonyl (C=O) groups is 2. The molecule has 2 fully saturated rings. The fourth-order valence-electron chi connectivity index (χ4n) is 3.07. The number of nitrogens with one attached hydrogen (secondary N) is 1. The molecule has 1 unspecified atom stereocenters. The summed E-state index contributed by atoms with van der Waals surface area (Å²) in [6, 6.07) is 6.27. The zero-order chi connectivity index (χ0) is 16.4. The molecule has 3 rings (SSSR count). The highest BCUT2D eigenvalue weighted by molar-refractivity contribution is 7.91. The van der Waals surface area contributed by atoms with Crippen LogP contribution in [-0.2, 0) is 9.84 Å². The Labute approximate surface area is 135 Å². The summed E-state index contributed by atoms with van der Waals surface area (Å²) in [5.41, 5.74) is 0.887. The van der Waals surface area contributed by atoms with Crippen LogP contribution in [0.3, 0.4) is 0 Å². The predicted octanol–water partition coefficient (Wildman–Crippen LogP) is 0.839. The first-order chi connectivity index (χ1) is 10.9. The quantitative estimate of drug-likeness (QED) is 0.886. The van der Waals surface area contributed by atoms with Gasteiger partial charge in [0.1, 0.15) is 0 Å². The van der Waals surface area contributed by atoms with Crippen LogP contribution in [0, 0.1) is 0 Å². The maximum absolute atomic E-state index is 12.4. The summed E-state index contributed by atoms with van der Waals surface area (Å²) >= 11 is 0. The van der Waals surface area contributed by atoms with Crippen molar-refractivity contribution < 1.29 is 18.0 Å². The normalized spacial score (nSPS) is 23.0. The Kier molecular flexibility index (Phi) is 4.39. The maximum atomic E-state index is 12.4. The van der Waals surface area contributed by atoms with Gasteiger partial charge in [-0.3, -0.25) is 9.59 Å². The zero-order valence-corrected chi connectivity index (χ0v) is 13.6. The fraction of sp³-hybridized carbons (Fsp3) is 0.500. The van der Waals surface area contributed by atoms with Gasteiger partial charge in [0.25, 0.3) is 11.8 Å². The lowest BCUT2D eigenvalue weighted by molar-refractivity contribution is 0.0793. The fourth-order valence-corrected chi connectivity index (χ4v) is 4.75. The molecule has 0 aromatic heterocycles. The van der Waals surface area contributed by atoms with Gasteiger partial charge >= 0.3 is 0 Å². The Morgan fingerprint density at radius 3 is 2.48 bits per heavy atom. The first kappa shape index (κ1) is 16.0. The van der Waals surface area contributed by atoms with E-state index < -0.39 is 9.84 Å². The van der Waals surface area contributed by atoms with E-state index >= 15 is 0 Å². The predicted molar refractivity (Wildman–Crippen MR) is 86.1 cm³/mol. The highest BCUT2D eigenvalue weighted by atomic mass is 32.2. The summed E-state index contributed by atoms with van der Waals surface area (Å²) in [6.45, 7) is 1.52. The number of carbonyl (C=O) groups excluding carboxylic acids is 2. The SMILES string of the molecule is O=C(NC1CCS(=O)(=O)C1)c1cccc(C(=O)N2CCCC2)c1. The molecule has 2 saturated heterocycles. The summed E-state index contributed by atoms with van der Waals surface area (Å²) in [4.78, 5) is 26.4. The van der Waals surface area contributed by atoms with Crippen molar-refractivity contribution in [1.82, 2.24) is 10.2 Å². The van der Waals surface area contributed by atoms with Crippen LogP contribution in [0.2, 0.25) is 0 Å². The molecule has 23 heavy (non-hydrogen) atoms. The third-order valence-electron chi connectivity index (χ3n) is 4.33. The van der Waals surface area contributed by atoms with E-state index in [-0.39, 0.29) is 29.4 Å². The van der Waals surface area contributed by atoms with Crippen LogP contribution in [-0.4, -0.2) is 55.8 Å². The van der Waals surface area contributed by atoms with Gasteiger partial charge in [-0.2, -0.15) is 0 Å². The molecular formula is C16H20N2O4S. The Morgan fingerprint density at radius 2 is 1.83 bits per heavy atom. The van der Waals surface area contributed by atoms with Crippen LogP contribution >= 0.6 is 0 Å². The van der Waals surface area contributed by atoms with Crippen molar-refractivity contribution in [3.8, 4) is 0 Å². The Bertz CT molecular complexity index is 723. The van der Waals surface area contributed by atoms with Gasteiger partial charge < -0.3 is 10.2 Å². The highest BCUT2D eigenvalue weighted by Gasteiger charge is 2.29. The standard InChI is InChI=1S/C16H20N2O4S/c19-15(17-14-6-9-23(21,22)11-14)12-4-3-5-13(10-12)16(20)18-7-1-2-8-18/h3-5,10,14H,1-2,6-9,11H2,(H,17,19). The van der Waals surface area contributed by atoms with Crippen molar-refractivity contribution in [2.24, 2.45) is 0 Å². The van der Waals surface area contributed by atoms with Crippen molar-refractivity contribution in [1.29, 1.82) is 0 Å². The molecule has 1 aromatic rings. The second-order valence-corrected chi connectivity index (χ2v) is 8.38. The molecule has 1 aromatic carbocycles. The van der Waals surface area contributed by atoms with E-state index in [4.69, 9.17) is 0 Å². The molecule has 1 atom stereocenters. The summed E-state index contributed by atoms with van der Waals surface area (Å²) in [5.74, 6) is -0.278. The minimum absolute atomic E-state index is 0.00879. The number of likely N-dealkylation sites (tertiary alicyclic amines) is 1. The van der Waals surface area contributed by atoms with Crippen LogP contribution in [0.1, 0.15) is 40.0 Å². The minimum atomic E-state index is -3.03. The molecule has 0 spiro atoms. The third kappa shape index (κ3) is 3.72. The highest BCUT2D eigenvalue weighted by Crippen LogP contribution is 2.15. The Morgan fingerprint density at radius 1 is 1.13 bits per heavy atom. The zero-order valence-electron chi connectivity index (χ0n) is 12.8. The molecule has 0 saturated carbocycles. The van der Waals surface area contributed by atoms with Crippen LogP contribution < -0.4 is 5.32 Å². The number of amides is 2. The topological polar surface area (TPSA) is 83.5 Å². The summed E-state index contributed by atoms with van der Waals surface area (Å²) in [5, 5.41) is 2.74. The lowest BCUT2D eigenvalue weighted by Crippen LogP contribution is -2.35. The van der Waals surface area contributed by atoms with Gasteiger partial charge in [0.05, 0.1) is 11.5 Å². The van der Waals surface area contributed by atoms with E-state index in [1.807, 2.05) is 0 Å². The monoisotopic (exact) mass is 336 g/mol. The number of sulfone groups is 1. The van der Waals surface area contributed by atoms with E-state index in [1.54, 1.807) is 29.2 Å². The van der Waals surface area contributed by atoms with Crippen molar-refractivity contribution in [2.45, 2.75) is 25.3 Å². The number of hydrogen-bond donors (Lipinski definition) is 1. The lowest BCUT2D eigenvalue weighted by atomic mass is 10.1. The number of nitrogens with zero attached hydrogens (tertiary/aromatic N) is 1. The Balaban J connectivity index is 1.69. The van der Waals surface area contributed by atoms with Gasteiger partial charge in [0, 0.05) is 30.3 Å². The van der Waals surface area contributed by atoms with E-state index in [0.29, 0.717) is 17.5 Å². The molecule has 0 aliphatic carbocycles. The average molecular weight is 336 g/mol. The first-order valence-electron chi connectivity index (χ1n) is 7.85. The smallest absolute Gasteiger partial charge is 0.253 e. The molecule has 6 nitrogen and oxygen atoms in total. The van der Waals surface area contributed by atoms with Crippen molar-refractivity contribution in [3.05, 3.63) is 35.4 Å². The van der Waals surface area contributed by atoms with Crippen molar-refractivity contribution in [2.75, 3.05) is 24.6 Å². The van der Waals surface area contributed by atoms with Crippen LogP contribution in [0.25, 0.3) is 0 Å². The van der Waals surface area contributed by atoms with Gasteiger partial charge in [0.2, 0.25) is 0 Å². The molecule has 124 valence electrons. The second-order valence-electron chi connectivity index (χ2n) is 6.15.